The molecule has 0 bridgehead atoms. The maximum atomic E-state index is 3.10. The van der Waals surface area contributed by atoms with Crippen LogP contribution in [0.3, 0.4) is 0 Å². The van der Waals surface area contributed by atoms with Gasteiger partial charge in [-0.1, -0.05) is 107 Å². The molecule has 0 saturated carbocycles. The van der Waals surface area contributed by atoms with Crippen molar-refractivity contribution in [1.82, 2.24) is 5.32 Å². The molecule has 3 aromatic carbocycles. The van der Waals surface area contributed by atoms with Gasteiger partial charge in [0.1, 0.15) is 7.05 Å². The highest BCUT2D eigenvalue weighted by Crippen LogP contribution is 2.25. The van der Waals surface area contributed by atoms with Gasteiger partial charge >= 0.3 is 0 Å². The van der Waals surface area contributed by atoms with Crippen molar-refractivity contribution in [3.8, 4) is 0 Å². The number of hydrogen-bond donors (Lipinski definition) is 1. The van der Waals surface area contributed by atoms with E-state index in [1.807, 2.05) is 34.8 Å². The molecule has 0 spiro atoms. The Morgan fingerprint density at radius 2 is 1.42 bits per heavy atom. The molecule has 246 valence electrons. The van der Waals surface area contributed by atoms with Crippen LogP contribution in [0.1, 0.15) is 23.1 Å². The zero-order valence-electron chi connectivity index (χ0n) is 28.6. The smallest absolute Gasteiger partial charge is 0.212 e. The summed E-state index contributed by atoms with van der Waals surface area (Å²) in [6, 6.07) is 28.4. The van der Waals surface area contributed by atoms with Crippen molar-refractivity contribution in [3.05, 3.63) is 156 Å². The topological polar surface area (TPSA) is 22.4 Å². The highest BCUT2D eigenvalue weighted by Gasteiger charge is 2.07. The Morgan fingerprint density at radius 1 is 0.771 bits per heavy atom. The molecule has 48 heavy (non-hydrogen) atoms. The number of nitrogens with zero attached hydrogens (tertiary/aromatic N) is 3. The first-order valence-corrected chi connectivity index (χ1v) is 19.0. The second-order valence-corrected chi connectivity index (χ2v) is 14.5. The first kappa shape index (κ1) is 34.9. The summed E-state index contributed by atoms with van der Waals surface area (Å²) in [5, 5.41) is 4.37. The van der Waals surface area contributed by atoms with Gasteiger partial charge in [-0.25, -0.2) is 4.57 Å². The molecular weight excluding hydrogens is 625 g/mol. The summed E-state index contributed by atoms with van der Waals surface area (Å²) in [7, 11) is 12.3. The largest absolute Gasteiger partial charge is 0.394 e. The van der Waals surface area contributed by atoms with Crippen LogP contribution in [0.4, 0.5) is 11.4 Å². The summed E-state index contributed by atoms with van der Waals surface area (Å²) in [6.45, 7) is 2.03. The van der Waals surface area contributed by atoms with E-state index in [1.165, 1.54) is 50.1 Å². The number of aryl methyl sites for hydroxylation is 1. The molecule has 0 aliphatic heterocycles. The van der Waals surface area contributed by atoms with Gasteiger partial charge < -0.3 is 15.1 Å². The lowest BCUT2D eigenvalue weighted by Gasteiger charge is -2.20. The number of allylic oxidation sites excluding steroid dienone is 8. The van der Waals surface area contributed by atoms with Crippen LogP contribution in [-0.2, 0) is 7.05 Å². The monoisotopic (exact) mass is 671 g/mol. The van der Waals surface area contributed by atoms with Crippen LogP contribution in [-0.4, -0.2) is 45.7 Å². The minimum atomic E-state index is 0.959. The van der Waals surface area contributed by atoms with Crippen LogP contribution < -0.4 is 19.7 Å². The Labute approximate surface area is 295 Å². The summed E-state index contributed by atoms with van der Waals surface area (Å²) < 4.78 is 2.17. The van der Waals surface area contributed by atoms with Gasteiger partial charge in [-0.3, -0.25) is 0 Å². The fraction of sp³-hybridized carbons (Fsp3) is 0.214. The van der Waals surface area contributed by atoms with Crippen LogP contribution in [0, 0.1) is 0 Å². The summed E-state index contributed by atoms with van der Waals surface area (Å²) in [6.07, 6.45) is 24.6. The van der Waals surface area contributed by atoms with E-state index in [2.05, 4.69) is 181 Å². The van der Waals surface area contributed by atoms with Gasteiger partial charge in [0.2, 0.25) is 5.52 Å². The van der Waals surface area contributed by atoms with Gasteiger partial charge in [-0.05, 0) is 76.9 Å². The van der Waals surface area contributed by atoms with Gasteiger partial charge in [0, 0.05) is 69.2 Å². The highest BCUT2D eigenvalue weighted by atomic mass is 33.1. The molecule has 0 fully saturated rings. The zero-order valence-corrected chi connectivity index (χ0v) is 30.2. The molecule has 4 nitrogen and oxygen atoms in total. The van der Waals surface area contributed by atoms with Crippen molar-refractivity contribution in [3.63, 3.8) is 0 Å². The number of rotatable bonds is 15. The number of para-hydroxylation sites is 1. The highest BCUT2D eigenvalue weighted by molar-refractivity contribution is 8.76. The zero-order chi connectivity index (χ0) is 33.6. The standard InChI is InChI=1S/C42H47N4S2/c1-43-28-26-37(36-10-6-5-7-11-36)20-14-34-16-22-39(23-17-34)44(2)30-32-47-48-33-31-45(3)40-24-18-35(19-25-40)15-21-38-27-29-46(4)42-13-9-8-12-41(38)42/h5-10,12-29,43H,11,30-33H2,1-4H3/q+1. The van der Waals surface area contributed by atoms with Crippen LogP contribution in [0.25, 0.3) is 29.1 Å². The van der Waals surface area contributed by atoms with Crippen molar-refractivity contribution in [2.75, 3.05) is 55.5 Å². The predicted molar refractivity (Wildman–Crippen MR) is 216 cm³/mol. The van der Waals surface area contributed by atoms with E-state index in [9.17, 15) is 0 Å². The molecule has 4 aromatic rings. The number of nitrogens with one attached hydrogen (secondary N) is 1. The third-order valence-corrected chi connectivity index (χ3v) is 10.8. The normalized spacial score (nSPS) is 14.1. The Balaban J connectivity index is 1.02. The lowest BCUT2D eigenvalue weighted by Crippen LogP contribution is -2.28. The third-order valence-electron chi connectivity index (χ3n) is 8.44. The lowest BCUT2D eigenvalue weighted by atomic mass is 10.00. The molecule has 1 aliphatic carbocycles. The molecule has 1 N–H and O–H groups in total. The molecule has 1 heterocycles. The quantitative estimate of drug-likeness (QED) is 0.0771. The molecule has 0 saturated heterocycles. The molecule has 0 unspecified atom stereocenters. The Hall–Kier alpha value is -4.39. The summed E-state index contributed by atoms with van der Waals surface area (Å²) in [5.74, 6) is 2.17. The maximum Gasteiger partial charge on any atom is 0.212 e. The minimum Gasteiger partial charge on any atom is -0.394 e. The van der Waals surface area contributed by atoms with E-state index < -0.39 is 0 Å². The molecule has 0 radical (unpaired) electrons. The van der Waals surface area contributed by atoms with E-state index in [4.69, 9.17) is 0 Å². The van der Waals surface area contributed by atoms with Crippen LogP contribution in [0.2, 0.25) is 0 Å². The number of fused-ring (bicyclic) bond motifs is 1. The number of aromatic nitrogens is 1. The summed E-state index contributed by atoms with van der Waals surface area (Å²) >= 11 is 0. The fourth-order valence-electron chi connectivity index (χ4n) is 5.48. The van der Waals surface area contributed by atoms with Crippen molar-refractivity contribution in [2.45, 2.75) is 6.42 Å². The van der Waals surface area contributed by atoms with Crippen molar-refractivity contribution in [1.29, 1.82) is 0 Å². The summed E-state index contributed by atoms with van der Waals surface area (Å²) in [4.78, 5) is 4.68. The van der Waals surface area contributed by atoms with Crippen LogP contribution in [0.5, 0.6) is 0 Å². The SMILES string of the molecule is CNC=CC(C=Cc1ccc(N(C)CCSSCCN(C)c2ccc(C=Cc3cc[n+](C)c4ccccc34)cc2)cc1)=C1C=CC=CC1. The van der Waals surface area contributed by atoms with Crippen molar-refractivity contribution >= 4 is 62.1 Å². The fourth-order valence-corrected chi connectivity index (χ4v) is 7.57. The maximum absolute atomic E-state index is 3.10. The molecule has 5 rings (SSSR count). The molecule has 6 heteroatoms. The average Bonchev–Trinajstić information content (AvgIpc) is 3.13. The van der Waals surface area contributed by atoms with Crippen LogP contribution >= 0.6 is 21.6 Å². The van der Waals surface area contributed by atoms with E-state index in [-0.39, 0.29) is 0 Å². The van der Waals surface area contributed by atoms with Gasteiger partial charge in [0.15, 0.2) is 6.20 Å². The third kappa shape index (κ3) is 10.1. The lowest BCUT2D eigenvalue weighted by molar-refractivity contribution is -0.644. The summed E-state index contributed by atoms with van der Waals surface area (Å²) in [5.41, 5.74) is 9.92. The van der Waals surface area contributed by atoms with E-state index >= 15 is 0 Å². The van der Waals surface area contributed by atoms with E-state index in [0.717, 1.165) is 31.0 Å². The van der Waals surface area contributed by atoms with E-state index in [0.29, 0.717) is 0 Å². The Bertz CT molecular complexity index is 1820. The first-order chi connectivity index (χ1) is 23.5. The van der Waals surface area contributed by atoms with Gasteiger partial charge in [-0.2, -0.15) is 0 Å². The minimum absolute atomic E-state index is 0.959. The average molecular weight is 672 g/mol. The predicted octanol–water partition coefficient (Wildman–Crippen LogP) is 9.35. The molecule has 0 atom stereocenters. The molecule has 1 aromatic heterocycles. The Morgan fingerprint density at radius 3 is 2.04 bits per heavy atom. The van der Waals surface area contributed by atoms with Gasteiger partial charge in [0.25, 0.3) is 0 Å². The second-order valence-electron chi connectivity index (χ2n) is 11.8. The number of hydrogen-bond acceptors (Lipinski definition) is 5. The van der Waals surface area contributed by atoms with Crippen molar-refractivity contribution < 1.29 is 4.57 Å². The number of benzene rings is 3. The molecular formula is C42H47N4S2+. The Kier molecular flexibility index (Phi) is 13.3. The first-order valence-electron chi connectivity index (χ1n) is 16.5. The molecule has 0 amide bonds. The number of anilines is 2. The number of pyridine rings is 1. The molecule has 1 aliphatic rings. The van der Waals surface area contributed by atoms with Crippen molar-refractivity contribution in [2.24, 2.45) is 7.05 Å². The second kappa shape index (κ2) is 18.2. The van der Waals surface area contributed by atoms with E-state index in [1.54, 1.807) is 0 Å². The van der Waals surface area contributed by atoms with Gasteiger partial charge in [-0.15, -0.1) is 0 Å². The van der Waals surface area contributed by atoms with Crippen LogP contribution in [0.15, 0.2) is 139 Å². The van der Waals surface area contributed by atoms with Gasteiger partial charge in [0.05, 0.1) is 5.39 Å².